The number of amides is 2. The summed E-state index contributed by atoms with van der Waals surface area (Å²) in [5, 5.41) is 10.4. The Morgan fingerprint density at radius 3 is 2.54 bits per heavy atom. The van der Waals surface area contributed by atoms with Crippen molar-refractivity contribution >= 4 is 17.8 Å². The van der Waals surface area contributed by atoms with Gasteiger partial charge in [0.2, 0.25) is 24.4 Å². The van der Waals surface area contributed by atoms with E-state index in [4.69, 9.17) is 19.9 Å². The van der Waals surface area contributed by atoms with Gasteiger partial charge in [-0.15, -0.1) is 0 Å². The minimum absolute atomic E-state index is 0.0153. The van der Waals surface area contributed by atoms with E-state index >= 15 is 0 Å². The molecule has 0 saturated carbocycles. The molecule has 1 aromatic carbocycles. The van der Waals surface area contributed by atoms with Crippen LogP contribution >= 0.6 is 0 Å². The summed E-state index contributed by atoms with van der Waals surface area (Å²) in [5.74, 6) is -0.741. The Morgan fingerprint density at radius 1 is 1.15 bits per heavy atom. The summed E-state index contributed by atoms with van der Waals surface area (Å²) in [6.45, 7) is 6.40. The molecule has 39 heavy (non-hydrogen) atoms. The maximum atomic E-state index is 13.5. The number of carbonyl (C=O) groups excluding carboxylic acids is 2. The molecule has 2 aliphatic rings. The molecule has 0 radical (unpaired) electrons. The number of carboxylic acid groups (broad SMARTS) is 1. The molecule has 3 N–H and O–H groups in total. The second kappa shape index (κ2) is 14.4. The van der Waals surface area contributed by atoms with Crippen molar-refractivity contribution in [3.05, 3.63) is 17.7 Å². The van der Waals surface area contributed by atoms with Gasteiger partial charge in [0, 0.05) is 52.1 Å². The molecule has 0 spiro atoms. The molecule has 1 unspecified atom stereocenters. The van der Waals surface area contributed by atoms with Crippen LogP contribution in [0, 0.1) is 5.92 Å². The van der Waals surface area contributed by atoms with Gasteiger partial charge in [-0.2, -0.15) is 0 Å². The van der Waals surface area contributed by atoms with Gasteiger partial charge in [-0.05, 0) is 49.9 Å². The van der Waals surface area contributed by atoms with Gasteiger partial charge in [0.25, 0.3) is 0 Å². The smallest absolute Gasteiger partial charge is 0.308 e. The van der Waals surface area contributed by atoms with Crippen molar-refractivity contribution in [3.8, 4) is 17.2 Å². The molecule has 2 heterocycles. The van der Waals surface area contributed by atoms with Gasteiger partial charge in [0.05, 0.1) is 19.6 Å². The molecule has 0 aliphatic carbocycles. The number of carboxylic acids is 1. The number of unbranched alkanes of at least 4 members (excludes halogenated alkanes) is 2. The lowest BCUT2D eigenvalue weighted by Crippen LogP contribution is -2.45. The van der Waals surface area contributed by atoms with Crippen molar-refractivity contribution in [1.29, 1.82) is 0 Å². The topological polar surface area (TPSA) is 135 Å². The lowest BCUT2D eigenvalue weighted by molar-refractivity contribution is -0.144. The van der Waals surface area contributed by atoms with E-state index in [1.807, 2.05) is 15.9 Å². The number of nitrogens with zero attached hydrogens (tertiary/aromatic N) is 3. The molecule has 218 valence electrons. The highest BCUT2D eigenvalue weighted by molar-refractivity contribution is 5.79. The largest absolute Gasteiger partial charge is 0.493 e. The summed E-state index contributed by atoms with van der Waals surface area (Å²) in [4.78, 5) is 43.6. The summed E-state index contributed by atoms with van der Waals surface area (Å²) in [6, 6.07) is 3.18. The highest BCUT2D eigenvalue weighted by Crippen LogP contribution is 2.47. The molecule has 11 nitrogen and oxygen atoms in total. The van der Waals surface area contributed by atoms with E-state index in [1.54, 1.807) is 18.0 Å². The second-order valence-electron chi connectivity index (χ2n) is 10.4. The fraction of sp³-hybridized carbons (Fsp3) is 0.679. The van der Waals surface area contributed by atoms with Gasteiger partial charge in [-0.3, -0.25) is 19.3 Å². The normalized spacial score (nSPS) is 20.2. The van der Waals surface area contributed by atoms with Crippen LogP contribution in [0.1, 0.15) is 57.4 Å². The molecular weight excluding hydrogens is 504 g/mol. The van der Waals surface area contributed by atoms with Crippen LogP contribution in [0.3, 0.4) is 0 Å². The van der Waals surface area contributed by atoms with Crippen molar-refractivity contribution in [2.45, 2.75) is 57.9 Å². The Balaban J connectivity index is 1.91. The van der Waals surface area contributed by atoms with Gasteiger partial charge in [-0.1, -0.05) is 13.3 Å². The number of ether oxygens (including phenoxy) is 3. The van der Waals surface area contributed by atoms with Crippen LogP contribution in [0.4, 0.5) is 0 Å². The summed E-state index contributed by atoms with van der Waals surface area (Å²) in [6.07, 6.45) is 3.98. The molecule has 1 fully saturated rings. The second-order valence-corrected chi connectivity index (χ2v) is 10.4. The number of methoxy groups -OCH3 is 1. The molecule has 1 saturated heterocycles. The number of fused-ring (bicyclic) bond motifs is 1. The van der Waals surface area contributed by atoms with E-state index in [1.165, 1.54) is 14.0 Å². The Hall–Kier alpha value is -3.05. The molecule has 2 aliphatic heterocycles. The highest BCUT2D eigenvalue weighted by Gasteiger charge is 2.47. The third kappa shape index (κ3) is 7.54. The van der Waals surface area contributed by atoms with Crippen molar-refractivity contribution < 1.29 is 33.7 Å². The van der Waals surface area contributed by atoms with Crippen LogP contribution in [0.2, 0.25) is 0 Å². The number of nitrogens with two attached hydrogens (primary N) is 1. The van der Waals surface area contributed by atoms with Crippen LogP contribution in [-0.4, -0.2) is 104 Å². The quantitative estimate of drug-likeness (QED) is 0.316. The minimum atomic E-state index is -0.937. The summed E-state index contributed by atoms with van der Waals surface area (Å²) >= 11 is 0. The molecule has 2 amide bonds. The Morgan fingerprint density at radius 2 is 1.90 bits per heavy atom. The first-order chi connectivity index (χ1) is 18.7. The number of rotatable bonds is 15. The van der Waals surface area contributed by atoms with Crippen LogP contribution < -0.4 is 19.9 Å². The van der Waals surface area contributed by atoms with Crippen LogP contribution in [-0.2, 0) is 14.4 Å². The molecule has 3 rings (SSSR count). The number of hydrogen-bond acceptors (Lipinski definition) is 8. The summed E-state index contributed by atoms with van der Waals surface area (Å²) in [5.41, 5.74) is 6.43. The number of likely N-dealkylation sites (tertiary alicyclic amines) is 1. The van der Waals surface area contributed by atoms with E-state index < -0.39 is 23.8 Å². The van der Waals surface area contributed by atoms with Crippen LogP contribution in [0.25, 0.3) is 0 Å². The monoisotopic (exact) mass is 548 g/mol. The van der Waals surface area contributed by atoms with E-state index in [-0.39, 0.29) is 25.2 Å². The molecule has 11 heteroatoms. The van der Waals surface area contributed by atoms with Gasteiger partial charge >= 0.3 is 5.97 Å². The lowest BCUT2D eigenvalue weighted by Gasteiger charge is -2.30. The fourth-order valence-corrected chi connectivity index (χ4v) is 5.47. The number of aliphatic carboxylic acids is 1. The van der Waals surface area contributed by atoms with E-state index in [0.29, 0.717) is 56.4 Å². The molecule has 3 atom stereocenters. The zero-order valence-electron chi connectivity index (χ0n) is 23.7. The summed E-state index contributed by atoms with van der Waals surface area (Å²) in [7, 11) is 3.23. The van der Waals surface area contributed by atoms with Crippen molar-refractivity contribution in [2.75, 3.05) is 60.2 Å². The number of hydrogen-bond donors (Lipinski definition) is 2. The van der Waals surface area contributed by atoms with Gasteiger partial charge in [0.15, 0.2) is 11.5 Å². The van der Waals surface area contributed by atoms with E-state index in [0.717, 1.165) is 31.2 Å². The third-order valence-electron chi connectivity index (χ3n) is 7.79. The minimum Gasteiger partial charge on any atom is -0.493 e. The zero-order valence-corrected chi connectivity index (χ0v) is 23.7. The maximum Gasteiger partial charge on any atom is 0.308 e. The zero-order chi connectivity index (χ0) is 28.5. The van der Waals surface area contributed by atoms with Gasteiger partial charge in [-0.25, -0.2) is 0 Å². The van der Waals surface area contributed by atoms with Crippen molar-refractivity contribution in [2.24, 2.45) is 11.7 Å². The molecule has 0 aromatic heterocycles. The molecular formula is C28H44N4O7. The summed E-state index contributed by atoms with van der Waals surface area (Å²) < 4.78 is 16.6. The first-order valence-electron chi connectivity index (χ1n) is 13.9. The van der Waals surface area contributed by atoms with Crippen molar-refractivity contribution in [1.82, 2.24) is 14.7 Å². The maximum absolute atomic E-state index is 13.5. The molecule has 0 bridgehead atoms. The molecule has 1 aromatic rings. The van der Waals surface area contributed by atoms with Crippen molar-refractivity contribution in [3.63, 3.8) is 0 Å². The average molecular weight is 549 g/mol. The fourth-order valence-electron chi connectivity index (χ4n) is 5.47. The highest BCUT2D eigenvalue weighted by atomic mass is 16.7. The predicted molar refractivity (Wildman–Crippen MR) is 146 cm³/mol. The SMILES string of the molecule is CCCCN(CCCCN)C(=O)CN1C[C@H](c2cc(OC)c3c(c2)OCO3)C(C(=O)O)[C@@H]1CCN(C)C(C)=O. The standard InChI is InChI=1S/C28H44N4O7/c1-5-6-11-31(12-8-7-10-29)25(34)17-32-16-21(20-14-23(37-4)27-24(15-20)38-18-39-27)26(28(35)36)22(32)9-13-30(3)19(2)33/h14-15,21-22,26H,5-13,16-18,29H2,1-4H3,(H,35,36)/t21-,22+,26?/m1/s1. The average Bonchev–Trinajstić information content (AvgIpc) is 3.53. The lowest BCUT2D eigenvalue weighted by atomic mass is 9.84. The first kappa shape index (κ1) is 30.5. The predicted octanol–water partition coefficient (Wildman–Crippen LogP) is 2.13. The van der Waals surface area contributed by atoms with Gasteiger partial charge < -0.3 is 34.9 Å². The van der Waals surface area contributed by atoms with Crippen LogP contribution in [0.15, 0.2) is 12.1 Å². The Labute approximate surface area is 231 Å². The van der Waals surface area contributed by atoms with E-state index in [2.05, 4.69) is 6.92 Å². The van der Waals surface area contributed by atoms with Crippen LogP contribution in [0.5, 0.6) is 17.2 Å². The van der Waals surface area contributed by atoms with Gasteiger partial charge in [0.1, 0.15) is 0 Å². The Bertz CT molecular complexity index is 1000. The third-order valence-corrected chi connectivity index (χ3v) is 7.79. The Kier molecular flexibility index (Phi) is 11.2. The first-order valence-corrected chi connectivity index (χ1v) is 13.9. The van der Waals surface area contributed by atoms with E-state index in [9.17, 15) is 19.5 Å². The number of carbonyl (C=O) groups is 3. The number of benzene rings is 1.